The molecule has 1 fully saturated rings. The number of hydrogen-bond acceptors (Lipinski definition) is 4. The molecule has 0 bridgehead atoms. The predicted octanol–water partition coefficient (Wildman–Crippen LogP) is 2.64. The Kier molecular flexibility index (Phi) is 3.76. The molecule has 2 heterocycles. The average molecular weight is 280 g/mol. The van der Waals surface area contributed by atoms with Gasteiger partial charge in [0.1, 0.15) is 5.82 Å². The Morgan fingerprint density at radius 2 is 2.19 bits per heavy atom. The van der Waals surface area contributed by atoms with Crippen LogP contribution in [0.2, 0.25) is 0 Å². The number of rotatable bonds is 3. The third kappa shape index (κ3) is 2.70. The fourth-order valence-electron chi connectivity index (χ4n) is 3.15. The van der Waals surface area contributed by atoms with Crippen LogP contribution in [0.3, 0.4) is 0 Å². The number of nitrogens with zero attached hydrogens (tertiary/aromatic N) is 4. The summed E-state index contributed by atoms with van der Waals surface area (Å²) in [5, 5.41) is 10.3. The van der Waals surface area contributed by atoms with E-state index in [4.69, 9.17) is 4.98 Å². The van der Waals surface area contributed by atoms with Crippen LogP contribution in [0.5, 0.6) is 0 Å². The summed E-state index contributed by atoms with van der Waals surface area (Å²) >= 11 is 0. The van der Waals surface area contributed by atoms with Gasteiger partial charge in [0.2, 0.25) is 0 Å². The second-order valence-corrected chi connectivity index (χ2v) is 5.91. The van der Waals surface area contributed by atoms with Crippen molar-refractivity contribution in [3.63, 3.8) is 0 Å². The summed E-state index contributed by atoms with van der Waals surface area (Å²) in [6.45, 7) is 2.05. The molecule has 1 unspecified atom stereocenters. The lowest BCUT2D eigenvalue weighted by molar-refractivity contribution is 0.371. The molecule has 21 heavy (non-hydrogen) atoms. The van der Waals surface area contributed by atoms with Crippen LogP contribution >= 0.6 is 0 Å². The first-order valence-corrected chi connectivity index (χ1v) is 7.40. The zero-order valence-corrected chi connectivity index (χ0v) is 12.6. The van der Waals surface area contributed by atoms with Crippen molar-refractivity contribution in [2.45, 2.75) is 18.9 Å². The molecule has 4 nitrogen and oxygen atoms in total. The van der Waals surface area contributed by atoms with Crippen molar-refractivity contribution in [2.24, 2.45) is 0 Å². The second kappa shape index (κ2) is 5.71. The smallest absolute Gasteiger partial charge is 0.130 e. The summed E-state index contributed by atoms with van der Waals surface area (Å²) < 4.78 is 0. The van der Waals surface area contributed by atoms with Crippen LogP contribution in [0.1, 0.15) is 18.4 Å². The van der Waals surface area contributed by atoms with E-state index >= 15 is 0 Å². The zero-order valence-electron chi connectivity index (χ0n) is 12.6. The van der Waals surface area contributed by atoms with Crippen molar-refractivity contribution in [2.75, 3.05) is 32.1 Å². The van der Waals surface area contributed by atoms with Crippen molar-refractivity contribution in [3.05, 3.63) is 35.9 Å². The highest BCUT2D eigenvalue weighted by molar-refractivity contribution is 5.86. The number of aromatic nitrogens is 1. The van der Waals surface area contributed by atoms with E-state index in [2.05, 4.69) is 30.0 Å². The molecule has 108 valence electrons. The second-order valence-electron chi connectivity index (χ2n) is 5.91. The van der Waals surface area contributed by atoms with Crippen LogP contribution in [0, 0.1) is 11.3 Å². The van der Waals surface area contributed by atoms with Crippen molar-refractivity contribution in [3.8, 4) is 6.07 Å². The molecule has 1 aromatic carbocycles. The van der Waals surface area contributed by atoms with Crippen molar-refractivity contribution < 1.29 is 0 Å². The van der Waals surface area contributed by atoms with E-state index in [0.717, 1.165) is 29.8 Å². The van der Waals surface area contributed by atoms with Gasteiger partial charge in [-0.15, -0.1) is 0 Å². The topological polar surface area (TPSA) is 43.2 Å². The lowest BCUT2D eigenvalue weighted by Crippen LogP contribution is -2.38. The minimum atomic E-state index is 0.486. The summed E-state index contributed by atoms with van der Waals surface area (Å²) in [7, 11) is 4.20. The van der Waals surface area contributed by atoms with E-state index in [9.17, 15) is 5.26 Å². The van der Waals surface area contributed by atoms with Gasteiger partial charge in [0.15, 0.2) is 0 Å². The third-order valence-corrected chi connectivity index (χ3v) is 4.07. The number of para-hydroxylation sites is 1. The lowest BCUT2D eigenvalue weighted by atomic mass is 10.1. The first-order chi connectivity index (χ1) is 10.2. The number of likely N-dealkylation sites (N-methyl/N-ethyl adjacent to an activating group) is 1. The average Bonchev–Trinajstić information content (AvgIpc) is 2.93. The van der Waals surface area contributed by atoms with Gasteiger partial charge in [-0.1, -0.05) is 18.2 Å². The van der Waals surface area contributed by atoms with E-state index in [1.165, 1.54) is 12.8 Å². The van der Waals surface area contributed by atoms with Crippen LogP contribution in [0.15, 0.2) is 30.3 Å². The Morgan fingerprint density at radius 3 is 2.95 bits per heavy atom. The number of anilines is 1. The monoisotopic (exact) mass is 280 g/mol. The van der Waals surface area contributed by atoms with Gasteiger partial charge in [-0.2, -0.15) is 5.26 Å². The summed E-state index contributed by atoms with van der Waals surface area (Å²) in [6, 6.07) is 12.6. The van der Waals surface area contributed by atoms with E-state index in [1.54, 1.807) is 0 Å². The normalized spacial score (nSPS) is 18.4. The summed E-state index contributed by atoms with van der Waals surface area (Å²) in [4.78, 5) is 9.35. The lowest BCUT2D eigenvalue weighted by Gasteiger charge is -2.28. The van der Waals surface area contributed by atoms with Gasteiger partial charge in [-0.3, -0.25) is 0 Å². The first-order valence-electron chi connectivity index (χ1n) is 7.40. The standard InChI is InChI=1S/C17H20N4/c1-20(2)12-14-6-5-9-21(14)17-10-13(11-18)15-7-3-4-8-16(15)19-17/h3-4,7-8,10,14H,5-6,9,12H2,1-2H3. The largest absolute Gasteiger partial charge is 0.352 e. The van der Waals surface area contributed by atoms with Gasteiger partial charge in [-0.05, 0) is 39.1 Å². The van der Waals surface area contributed by atoms with E-state index in [-0.39, 0.29) is 0 Å². The van der Waals surface area contributed by atoms with Crippen LogP contribution in [0.25, 0.3) is 10.9 Å². The molecule has 1 aromatic heterocycles. The van der Waals surface area contributed by atoms with Crippen LogP contribution in [0.4, 0.5) is 5.82 Å². The minimum absolute atomic E-state index is 0.486. The Bertz CT molecular complexity index is 687. The third-order valence-electron chi connectivity index (χ3n) is 4.07. The highest BCUT2D eigenvalue weighted by Crippen LogP contribution is 2.28. The Hall–Kier alpha value is -2.12. The van der Waals surface area contributed by atoms with Crippen molar-refractivity contribution in [1.82, 2.24) is 9.88 Å². The molecule has 2 aromatic rings. The maximum absolute atomic E-state index is 9.41. The van der Waals surface area contributed by atoms with E-state index in [1.807, 2.05) is 30.3 Å². The number of fused-ring (bicyclic) bond motifs is 1. The SMILES string of the molecule is CN(C)CC1CCCN1c1cc(C#N)c2ccccc2n1. The molecule has 1 aliphatic rings. The van der Waals surface area contributed by atoms with Crippen LogP contribution < -0.4 is 4.90 Å². The molecule has 0 spiro atoms. The number of pyridine rings is 1. The molecule has 0 aliphatic carbocycles. The molecule has 0 N–H and O–H groups in total. The summed E-state index contributed by atoms with van der Waals surface area (Å²) in [5.74, 6) is 0.939. The highest BCUT2D eigenvalue weighted by atomic mass is 15.3. The van der Waals surface area contributed by atoms with Gasteiger partial charge >= 0.3 is 0 Å². The van der Waals surface area contributed by atoms with Gasteiger partial charge in [0.05, 0.1) is 17.1 Å². The Balaban J connectivity index is 2.02. The fourth-order valence-corrected chi connectivity index (χ4v) is 3.15. The molecular formula is C17H20N4. The Labute approximate surface area is 125 Å². The number of nitriles is 1. The van der Waals surface area contributed by atoms with Gasteiger partial charge in [-0.25, -0.2) is 4.98 Å². The first kappa shape index (κ1) is 13.8. The molecule has 3 rings (SSSR count). The van der Waals surface area contributed by atoms with E-state index in [0.29, 0.717) is 11.6 Å². The molecule has 4 heteroatoms. The molecule has 1 atom stereocenters. The summed E-state index contributed by atoms with van der Waals surface area (Å²) in [5.41, 5.74) is 1.62. The molecule has 0 amide bonds. The molecular weight excluding hydrogens is 260 g/mol. The minimum Gasteiger partial charge on any atom is -0.352 e. The maximum Gasteiger partial charge on any atom is 0.130 e. The highest BCUT2D eigenvalue weighted by Gasteiger charge is 2.26. The Morgan fingerprint density at radius 1 is 1.38 bits per heavy atom. The van der Waals surface area contributed by atoms with E-state index < -0.39 is 0 Å². The number of hydrogen-bond donors (Lipinski definition) is 0. The fraction of sp³-hybridized carbons (Fsp3) is 0.412. The predicted molar refractivity (Wildman–Crippen MR) is 85.4 cm³/mol. The van der Waals surface area contributed by atoms with Crippen LogP contribution in [-0.4, -0.2) is 43.1 Å². The van der Waals surface area contributed by atoms with Crippen molar-refractivity contribution in [1.29, 1.82) is 5.26 Å². The van der Waals surface area contributed by atoms with Gasteiger partial charge < -0.3 is 9.80 Å². The summed E-state index contributed by atoms with van der Waals surface area (Å²) in [6.07, 6.45) is 2.38. The molecule has 1 saturated heterocycles. The van der Waals surface area contributed by atoms with Crippen molar-refractivity contribution >= 4 is 16.7 Å². The zero-order chi connectivity index (χ0) is 14.8. The molecule has 1 aliphatic heterocycles. The quantitative estimate of drug-likeness (QED) is 0.867. The molecule has 0 radical (unpaired) electrons. The number of benzene rings is 1. The maximum atomic E-state index is 9.41. The molecule has 0 saturated carbocycles. The van der Waals surface area contributed by atoms with Crippen LogP contribution in [-0.2, 0) is 0 Å². The van der Waals surface area contributed by atoms with Gasteiger partial charge in [0.25, 0.3) is 0 Å². The van der Waals surface area contributed by atoms with Gasteiger partial charge in [0, 0.05) is 24.5 Å².